The molecule has 0 atom stereocenters. The highest BCUT2D eigenvalue weighted by Gasteiger charge is 2.28. The third-order valence-corrected chi connectivity index (χ3v) is 4.14. The number of aromatic nitrogens is 1. The van der Waals surface area contributed by atoms with E-state index in [0.717, 1.165) is 18.5 Å². The molecule has 90 valence electrons. The maximum atomic E-state index is 11.9. The van der Waals surface area contributed by atoms with Crippen molar-refractivity contribution in [1.82, 2.24) is 14.6 Å². The molecule has 1 aromatic rings. The normalized spacial score (nSPS) is 16.6. The molecule has 1 saturated carbocycles. The summed E-state index contributed by atoms with van der Waals surface area (Å²) in [5.41, 5.74) is 0.957. The van der Waals surface area contributed by atoms with E-state index in [4.69, 9.17) is 0 Å². The van der Waals surface area contributed by atoms with Gasteiger partial charge in [-0.1, -0.05) is 0 Å². The molecule has 1 heterocycles. The molecule has 0 aliphatic heterocycles. The number of hydrogen-bond donors (Lipinski definition) is 2. The zero-order chi connectivity index (χ0) is 11.8. The van der Waals surface area contributed by atoms with Crippen LogP contribution in [-0.4, -0.2) is 26.1 Å². The van der Waals surface area contributed by atoms with Crippen molar-refractivity contribution < 1.29 is 8.42 Å². The molecule has 0 amide bonds. The maximum absolute atomic E-state index is 11.9. The molecule has 0 spiro atoms. The lowest BCUT2D eigenvalue weighted by Crippen LogP contribution is -2.25. The fraction of sp³-hybridized carbons (Fsp3) is 0.600. The lowest BCUT2D eigenvalue weighted by Gasteiger charge is -2.01. The molecule has 2 N–H and O–H groups in total. The van der Waals surface area contributed by atoms with E-state index in [2.05, 4.69) is 10.0 Å². The molecule has 0 aromatic carbocycles. The molecule has 0 unspecified atom stereocenters. The Balaban J connectivity index is 2.22. The fourth-order valence-electron chi connectivity index (χ4n) is 1.57. The number of hydrogen-bond acceptors (Lipinski definition) is 3. The summed E-state index contributed by atoms with van der Waals surface area (Å²) in [4.78, 5) is 0.354. The molecule has 1 aliphatic carbocycles. The topological polar surface area (TPSA) is 63.1 Å². The first kappa shape index (κ1) is 11.6. The van der Waals surface area contributed by atoms with Crippen molar-refractivity contribution in [1.29, 1.82) is 0 Å². The molecule has 0 radical (unpaired) electrons. The minimum atomic E-state index is -3.32. The minimum Gasteiger partial charge on any atom is -0.352 e. The van der Waals surface area contributed by atoms with Crippen LogP contribution < -0.4 is 10.0 Å². The Morgan fingerprint density at radius 1 is 1.50 bits per heavy atom. The number of sulfonamides is 1. The quantitative estimate of drug-likeness (QED) is 0.776. The van der Waals surface area contributed by atoms with E-state index in [1.807, 2.05) is 18.7 Å². The van der Waals surface area contributed by atoms with Crippen LogP contribution in [0.4, 0.5) is 0 Å². The molecule has 1 fully saturated rings. The van der Waals surface area contributed by atoms with Crippen LogP contribution >= 0.6 is 0 Å². The van der Waals surface area contributed by atoms with Crippen LogP contribution in [0.1, 0.15) is 18.5 Å². The molecule has 5 nitrogen and oxygen atoms in total. The molecular weight excluding hydrogens is 226 g/mol. The highest BCUT2D eigenvalue weighted by molar-refractivity contribution is 7.89. The van der Waals surface area contributed by atoms with Crippen LogP contribution in [0.2, 0.25) is 0 Å². The second-order valence-electron chi connectivity index (χ2n) is 4.20. The average Bonchev–Trinajstić information content (AvgIpc) is 2.91. The van der Waals surface area contributed by atoms with Crippen molar-refractivity contribution >= 4 is 10.0 Å². The van der Waals surface area contributed by atoms with Gasteiger partial charge in [0.05, 0.1) is 4.90 Å². The van der Waals surface area contributed by atoms with E-state index in [1.54, 1.807) is 12.3 Å². The lowest BCUT2D eigenvalue weighted by molar-refractivity contribution is 0.581. The van der Waals surface area contributed by atoms with Gasteiger partial charge in [0.1, 0.15) is 0 Å². The van der Waals surface area contributed by atoms with Crippen LogP contribution in [0.3, 0.4) is 0 Å². The Hall–Kier alpha value is -0.850. The number of aryl methyl sites for hydroxylation is 1. The van der Waals surface area contributed by atoms with Gasteiger partial charge in [0.25, 0.3) is 0 Å². The lowest BCUT2D eigenvalue weighted by atomic mass is 10.4. The van der Waals surface area contributed by atoms with Crippen LogP contribution in [0.15, 0.2) is 17.2 Å². The van der Waals surface area contributed by atoms with Crippen LogP contribution in [0.5, 0.6) is 0 Å². The van der Waals surface area contributed by atoms with E-state index < -0.39 is 10.0 Å². The first-order chi connectivity index (χ1) is 7.53. The summed E-state index contributed by atoms with van der Waals surface area (Å²) in [6.45, 7) is 0.662. The maximum Gasteiger partial charge on any atom is 0.242 e. The Morgan fingerprint density at radius 3 is 2.75 bits per heavy atom. The van der Waals surface area contributed by atoms with Crippen molar-refractivity contribution in [3.63, 3.8) is 0 Å². The van der Waals surface area contributed by atoms with Gasteiger partial charge in [-0.15, -0.1) is 0 Å². The van der Waals surface area contributed by atoms with Crippen molar-refractivity contribution in [3.8, 4) is 0 Å². The molecule has 6 heteroatoms. The zero-order valence-corrected chi connectivity index (χ0v) is 10.3. The van der Waals surface area contributed by atoms with Gasteiger partial charge in [-0.05, 0) is 26.0 Å². The van der Waals surface area contributed by atoms with E-state index in [-0.39, 0.29) is 6.04 Å². The van der Waals surface area contributed by atoms with Crippen LogP contribution in [0, 0.1) is 0 Å². The summed E-state index contributed by atoms with van der Waals surface area (Å²) < 4.78 is 28.3. The first-order valence-corrected chi connectivity index (χ1v) is 6.83. The molecule has 1 aliphatic rings. The molecular formula is C10H17N3O2S. The number of nitrogens with zero attached hydrogens (tertiary/aromatic N) is 1. The molecule has 0 saturated heterocycles. The van der Waals surface area contributed by atoms with Gasteiger partial charge in [0.15, 0.2) is 0 Å². The summed E-state index contributed by atoms with van der Waals surface area (Å²) in [5, 5.41) is 3.01. The van der Waals surface area contributed by atoms with Gasteiger partial charge >= 0.3 is 0 Å². The van der Waals surface area contributed by atoms with Gasteiger partial charge in [-0.3, -0.25) is 0 Å². The van der Waals surface area contributed by atoms with Crippen molar-refractivity contribution in [3.05, 3.63) is 18.0 Å². The largest absolute Gasteiger partial charge is 0.352 e. The van der Waals surface area contributed by atoms with E-state index >= 15 is 0 Å². The van der Waals surface area contributed by atoms with Gasteiger partial charge < -0.3 is 9.88 Å². The first-order valence-electron chi connectivity index (χ1n) is 5.35. The zero-order valence-electron chi connectivity index (χ0n) is 9.53. The standard InChI is InChI=1S/C10H17N3O2S/c1-11-6-9-5-10(7-13(9)2)16(14,15)12-8-3-4-8/h5,7-8,11-12H,3-4,6H2,1-2H3. The fourth-order valence-corrected chi connectivity index (χ4v) is 2.97. The SMILES string of the molecule is CNCc1cc(S(=O)(=O)NC2CC2)cn1C. The van der Waals surface area contributed by atoms with Crippen molar-refractivity contribution in [2.24, 2.45) is 7.05 Å². The van der Waals surface area contributed by atoms with Crippen LogP contribution in [0.25, 0.3) is 0 Å². The van der Waals surface area contributed by atoms with Gasteiger partial charge in [-0.2, -0.15) is 0 Å². The summed E-state index contributed by atoms with van der Waals surface area (Å²) in [5.74, 6) is 0. The molecule has 2 rings (SSSR count). The van der Waals surface area contributed by atoms with Crippen molar-refractivity contribution in [2.45, 2.75) is 30.3 Å². The molecule has 1 aromatic heterocycles. The Labute approximate surface area is 95.9 Å². The van der Waals surface area contributed by atoms with Gasteiger partial charge in [0.2, 0.25) is 10.0 Å². The molecule has 16 heavy (non-hydrogen) atoms. The second-order valence-corrected chi connectivity index (χ2v) is 5.92. The van der Waals surface area contributed by atoms with Gasteiger partial charge in [-0.25, -0.2) is 13.1 Å². The number of nitrogens with one attached hydrogen (secondary N) is 2. The second kappa shape index (κ2) is 4.20. The summed E-state index contributed by atoms with van der Waals surface area (Å²) in [6, 6.07) is 1.86. The van der Waals surface area contributed by atoms with Gasteiger partial charge in [0, 0.05) is 31.5 Å². The van der Waals surface area contributed by atoms with Crippen molar-refractivity contribution in [2.75, 3.05) is 7.05 Å². The Bertz CT molecular complexity index is 474. The third-order valence-electron chi connectivity index (χ3n) is 2.65. The van der Waals surface area contributed by atoms with E-state index in [9.17, 15) is 8.42 Å². The predicted octanol–water partition coefficient (Wildman–Crippen LogP) is 0.185. The van der Waals surface area contributed by atoms with Crippen LogP contribution in [-0.2, 0) is 23.6 Å². The number of rotatable bonds is 5. The highest BCUT2D eigenvalue weighted by atomic mass is 32.2. The smallest absolute Gasteiger partial charge is 0.242 e. The van der Waals surface area contributed by atoms with E-state index in [1.165, 1.54) is 0 Å². The Kier molecular flexibility index (Phi) is 3.05. The third kappa shape index (κ3) is 2.45. The summed E-state index contributed by atoms with van der Waals surface area (Å²) in [6.07, 6.45) is 3.56. The molecule has 0 bridgehead atoms. The van der Waals surface area contributed by atoms with E-state index in [0.29, 0.717) is 11.4 Å². The summed E-state index contributed by atoms with van der Waals surface area (Å²) in [7, 11) is 0.371. The monoisotopic (exact) mass is 243 g/mol. The predicted molar refractivity (Wildman–Crippen MR) is 61.5 cm³/mol. The highest BCUT2D eigenvalue weighted by Crippen LogP contribution is 2.22. The average molecular weight is 243 g/mol. The Morgan fingerprint density at radius 2 is 2.19 bits per heavy atom. The summed E-state index contributed by atoms with van der Waals surface area (Å²) >= 11 is 0. The minimum absolute atomic E-state index is 0.151.